The van der Waals surface area contributed by atoms with Gasteiger partial charge in [0.25, 0.3) is 0 Å². The van der Waals surface area contributed by atoms with E-state index in [9.17, 15) is 4.79 Å². The fraction of sp³-hybridized carbons (Fsp3) is 0.516. The Balaban J connectivity index is 1.44. The quantitative estimate of drug-likeness (QED) is 0.118. The monoisotopic (exact) mass is 464 g/mol. The van der Waals surface area contributed by atoms with Crippen molar-refractivity contribution in [3.8, 4) is 11.5 Å². The summed E-state index contributed by atoms with van der Waals surface area (Å²) in [5.41, 5.74) is 0.936. The third-order valence-electron chi connectivity index (χ3n) is 5.92. The number of carbonyl (C=O) groups is 1. The van der Waals surface area contributed by atoms with Gasteiger partial charge in [0, 0.05) is 6.42 Å². The van der Waals surface area contributed by atoms with E-state index in [-0.39, 0.29) is 12.6 Å². The maximum absolute atomic E-state index is 12.1. The highest BCUT2D eigenvalue weighted by Gasteiger charge is 2.05. The summed E-state index contributed by atoms with van der Waals surface area (Å²) in [5.74, 6) is 1.42. The van der Waals surface area contributed by atoms with Crippen LogP contribution in [0.3, 0.4) is 0 Å². The molecule has 0 aromatic heterocycles. The van der Waals surface area contributed by atoms with Crippen molar-refractivity contribution >= 4 is 5.97 Å². The van der Waals surface area contributed by atoms with Crippen LogP contribution in [0, 0.1) is 0 Å². The van der Waals surface area contributed by atoms with Crippen LogP contribution >= 0.6 is 0 Å². The normalized spacial score (nSPS) is 11.1. The van der Waals surface area contributed by atoms with Crippen molar-refractivity contribution in [1.29, 1.82) is 0 Å². The molecule has 0 radical (unpaired) electrons. The van der Waals surface area contributed by atoms with Gasteiger partial charge in [-0.25, -0.2) is 0 Å². The first-order valence-corrected chi connectivity index (χ1v) is 13.4. The second-order valence-electron chi connectivity index (χ2n) is 9.06. The van der Waals surface area contributed by atoms with Crippen LogP contribution in [0.25, 0.3) is 0 Å². The summed E-state index contributed by atoms with van der Waals surface area (Å²) in [6, 6.07) is 17.4. The molecule has 2 aromatic rings. The first-order chi connectivity index (χ1) is 16.8. The molecule has 0 amide bonds. The molecule has 0 aliphatic heterocycles. The Morgan fingerprint density at radius 1 is 0.706 bits per heavy atom. The van der Waals surface area contributed by atoms with E-state index < -0.39 is 0 Å². The Morgan fingerprint density at radius 2 is 1.32 bits per heavy atom. The lowest BCUT2D eigenvalue weighted by atomic mass is 10.1. The van der Waals surface area contributed by atoms with E-state index in [1.165, 1.54) is 70.6 Å². The van der Waals surface area contributed by atoms with Crippen molar-refractivity contribution in [2.45, 2.75) is 103 Å². The van der Waals surface area contributed by atoms with E-state index in [0.29, 0.717) is 6.42 Å². The first-order valence-electron chi connectivity index (χ1n) is 13.4. The fourth-order valence-corrected chi connectivity index (χ4v) is 3.90. The molecule has 0 saturated carbocycles. The third-order valence-corrected chi connectivity index (χ3v) is 5.92. The number of allylic oxidation sites excluding steroid dienone is 2. The predicted octanol–water partition coefficient (Wildman–Crippen LogP) is 9.56. The Morgan fingerprint density at radius 3 is 2.03 bits per heavy atom. The van der Waals surface area contributed by atoms with Crippen LogP contribution in [-0.2, 0) is 16.1 Å². The van der Waals surface area contributed by atoms with Crippen LogP contribution in [0.1, 0.15) is 102 Å². The largest absolute Gasteiger partial charge is 0.461 e. The zero-order valence-electron chi connectivity index (χ0n) is 21.2. The second kappa shape index (κ2) is 18.8. The fourth-order valence-electron chi connectivity index (χ4n) is 3.90. The minimum atomic E-state index is -0.119. The molecule has 0 spiro atoms. The van der Waals surface area contributed by atoms with Crippen LogP contribution in [0.2, 0.25) is 0 Å². The van der Waals surface area contributed by atoms with Crippen molar-refractivity contribution in [2.24, 2.45) is 0 Å². The minimum Gasteiger partial charge on any atom is -0.461 e. The summed E-state index contributed by atoms with van der Waals surface area (Å²) in [6.45, 7) is 2.55. The Bertz CT molecular complexity index is 797. The molecule has 0 aliphatic rings. The number of benzene rings is 2. The van der Waals surface area contributed by atoms with E-state index in [4.69, 9.17) is 9.47 Å². The van der Waals surface area contributed by atoms with Gasteiger partial charge in [-0.1, -0.05) is 101 Å². The lowest BCUT2D eigenvalue weighted by Gasteiger charge is -2.08. The van der Waals surface area contributed by atoms with E-state index >= 15 is 0 Å². The molecule has 34 heavy (non-hydrogen) atoms. The van der Waals surface area contributed by atoms with Gasteiger partial charge in [-0.05, 0) is 61.9 Å². The third kappa shape index (κ3) is 13.9. The Hall–Kier alpha value is -2.55. The van der Waals surface area contributed by atoms with Gasteiger partial charge in [-0.2, -0.15) is 0 Å². The summed E-state index contributed by atoms with van der Waals surface area (Å²) in [4.78, 5) is 12.1. The molecule has 0 bridgehead atoms. The lowest BCUT2D eigenvalue weighted by molar-refractivity contribution is -0.145. The molecule has 0 heterocycles. The van der Waals surface area contributed by atoms with Gasteiger partial charge in [0.15, 0.2) is 0 Å². The van der Waals surface area contributed by atoms with Gasteiger partial charge < -0.3 is 9.47 Å². The first kappa shape index (κ1) is 27.7. The second-order valence-corrected chi connectivity index (χ2v) is 9.06. The van der Waals surface area contributed by atoms with Gasteiger partial charge in [-0.3, -0.25) is 4.79 Å². The number of ether oxygens (including phenoxy) is 2. The number of unbranched alkanes of at least 4 members (excludes halogenated alkanes) is 11. The van der Waals surface area contributed by atoms with Gasteiger partial charge in [0.1, 0.15) is 18.1 Å². The number of hydrogen-bond donors (Lipinski definition) is 0. The minimum absolute atomic E-state index is 0.119. The van der Waals surface area contributed by atoms with E-state index in [0.717, 1.165) is 29.9 Å². The number of para-hydroxylation sites is 1. The molecule has 3 nitrogen and oxygen atoms in total. The molecule has 186 valence electrons. The van der Waals surface area contributed by atoms with Crippen molar-refractivity contribution in [3.63, 3.8) is 0 Å². The highest BCUT2D eigenvalue weighted by molar-refractivity contribution is 5.69. The molecule has 0 saturated heterocycles. The molecule has 0 aliphatic carbocycles. The van der Waals surface area contributed by atoms with Crippen molar-refractivity contribution < 1.29 is 14.3 Å². The SMILES string of the molecule is CCCCCCCC/C=C\CCCCCCCC(=O)OCc1cccc(Oc2ccccc2)c1. The zero-order valence-corrected chi connectivity index (χ0v) is 21.2. The van der Waals surface area contributed by atoms with Crippen LogP contribution < -0.4 is 4.74 Å². The summed E-state index contributed by atoms with van der Waals surface area (Å²) in [7, 11) is 0. The topological polar surface area (TPSA) is 35.5 Å². The highest BCUT2D eigenvalue weighted by Crippen LogP contribution is 2.22. The molecular weight excluding hydrogens is 420 g/mol. The van der Waals surface area contributed by atoms with E-state index in [2.05, 4.69) is 19.1 Å². The standard InChI is InChI=1S/C31H44O3/c1-2-3-4-5-6-7-8-9-10-11-12-13-14-15-19-25-31(32)33-27-28-21-20-24-30(26-28)34-29-22-17-16-18-23-29/h9-10,16-18,20-24,26H,2-8,11-15,19,25,27H2,1H3/b10-9-. The predicted molar refractivity (Wildman–Crippen MR) is 142 cm³/mol. The molecular formula is C31H44O3. The Kier molecular flexibility index (Phi) is 15.3. The highest BCUT2D eigenvalue weighted by atomic mass is 16.5. The van der Waals surface area contributed by atoms with Gasteiger partial charge in [-0.15, -0.1) is 0 Å². The van der Waals surface area contributed by atoms with Crippen molar-refractivity contribution in [2.75, 3.05) is 0 Å². The average Bonchev–Trinajstić information content (AvgIpc) is 2.86. The number of carbonyl (C=O) groups excluding carboxylic acids is 1. The molecule has 3 heteroatoms. The lowest BCUT2D eigenvalue weighted by Crippen LogP contribution is -2.04. The Labute approximate surface area is 207 Å². The summed E-state index contributed by atoms with van der Waals surface area (Å²) >= 11 is 0. The summed E-state index contributed by atoms with van der Waals surface area (Å²) < 4.78 is 11.3. The van der Waals surface area contributed by atoms with E-state index in [1.807, 2.05) is 54.6 Å². The molecule has 0 atom stereocenters. The molecule has 2 rings (SSSR count). The summed E-state index contributed by atoms with van der Waals surface area (Å²) in [6.07, 6.45) is 21.5. The maximum Gasteiger partial charge on any atom is 0.306 e. The molecule has 0 N–H and O–H groups in total. The van der Waals surface area contributed by atoms with Crippen LogP contribution in [0.5, 0.6) is 11.5 Å². The van der Waals surface area contributed by atoms with Gasteiger partial charge in [0.2, 0.25) is 0 Å². The average molecular weight is 465 g/mol. The number of rotatable bonds is 19. The van der Waals surface area contributed by atoms with Crippen LogP contribution in [0.4, 0.5) is 0 Å². The zero-order chi connectivity index (χ0) is 24.1. The van der Waals surface area contributed by atoms with Gasteiger partial charge in [0.05, 0.1) is 0 Å². The van der Waals surface area contributed by atoms with Crippen molar-refractivity contribution in [1.82, 2.24) is 0 Å². The molecule has 0 fully saturated rings. The molecule has 0 unspecified atom stereocenters. The van der Waals surface area contributed by atoms with Crippen molar-refractivity contribution in [3.05, 3.63) is 72.3 Å². The van der Waals surface area contributed by atoms with Crippen LogP contribution in [-0.4, -0.2) is 5.97 Å². The molecule has 2 aromatic carbocycles. The number of hydrogen-bond acceptors (Lipinski definition) is 3. The maximum atomic E-state index is 12.1. The number of esters is 1. The van der Waals surface area contributed by atoms with Crippen LogP contribution in [0.15, 0.2) is 66.7 Å². The van der Waals surface area contributed by atoms with Gasteiger partial charge >= 0.3 is 5.97 Å². The summed E-state index contributed by atoms with van der Waals surface area (Å²) in [5, 5.41) is 0. The van der Waals surface area contributed by atoms with E-state index in [1.54, 1.807) is 0 Å². The smallest absolute Gasteiger partial charge is 0.306 e.